The van der Waals surface area contributed by atoms with Gasteiger partial charge >= 0.3 is 17.8 Å². The Balaban J connectivity index is 1.56. The normalized spacial score (nSPS) is 10.5. The van der Waals surface area contributed by atoms with Crippen LogP contribution in [0.25, 0.3) is 0 Å². The highest BCUT2D eigenvalue weighted by Gasteiger charge is 2.13. The Bertz CT molecular complexity index is 1140. The zero-order valence-electron chi connectivity index (χ0n) is 17.1. The minimum absolute atomic E-state index is 0.332. The molecule has 0 aliphatic heterocycles. The standard InChI is InChI=1S/C24H21N3O4/c1-16-9-11-20(12-10-16)26-22(28)23(29)27-25-15-18-6-4-8-21(14-18)31-24(30)19-7-3-5-17(2)13-19/h3-15H,1-2H3,(H,26,28)(H,27,29)/b25-15+. The number of esters is 1. The number of nitrogens with zero attached hydrogens (tertiary/aromatic N) is 1. The molecule has 0 saturated carbocycles. The third kappa shape index (κ3) is 6.37. The van der Waals surface area contributed by atoms with E-state index in [4.69, 9.17) is 4.74 Å². The molecule has 0 spiro atoms. The van der Waals surface area contributed by atoms with E-state index in [2.05, 4.69) is 15.8 Å². The van der Waals surface area contributed by atoms with Crippen molar-refractivity contribution in [2.75, 3.05) is 5.32 Å². The van der Waals surface area contributed by atoms with Gasteiger partial charge in [-0.05, 0) is 55.8 Å². The van der Waals surface area contributed by atoms with E-state index >= 15 is 0 Å². The molecule has 3 aromatic rings. The molecule has 0 saturated heterocycles. The summed E-state index contributed by atoms with van der Waals surface area (Å²) in [4.78, 5) is 36.1. The molecular weight excluding hydrogens is 394 g/mol. The monoisotopic (exact) mass is 415 g/mol. The fourth-order valence-corrected chi connectivity index (χ4v) is 2.64. The topological polar surface area (TPSA) is 96.9 Å². The zero-order chi connectivity index (χ0) is 22.2. The van der Waals surface area contributed by atoms with Crippen molar-refractivity contribution in [2.45, 2.75) is 13.8 Å². The lowest BCUT2D eigenvalue weighted by atomic mass is 10.1. The molecule has 3 rings (SSSR count). The Morgan fingerprint density at radius 1 is 0.839 bits per heavy atom. The number of ether oxygens (including phenoxy) is 1. The van der Waals surface area contributed by atoms with Crippen LogP contribution >= 0.6 is 0 Å². The molecule has 0 radical (unpaired) electrons. The number of carbonyl (C=O) groups excluding carboxylic acids is 3. The van der Waals surface area contributed by atoms with Crippen LogP contribution in [0, 0.1) is 13.8 Å². The molecular formula is C24H21N3O4. The van der Waals surface area contributed by atoms with Crippen LogP contribution < -0.4 is 15.5 Å². The lowest BCUT2D eigenvalue weighted by molar-refractivity contribution is -0.136. The molecule has 2 N–H and O–H groups in total. The number of carbonyl (C=O) groups is 3. The number of nitrogens with one attached hydrogen (secondary N) is 2. The Labute approximate surface area is 179 Å². The van der Waals surface area contributed by atoms with Crippen molar-refractivity contribution in [3.05, 3.63) is 95.1 Å². The van der Waals surface area contributed by atoms with Crippen LogP contribution in [0.15, 0.2) is 77.9 Å². The Morgan fingerprint density at radius 3 is 2.32 bits per heavy atom. The van der Waals surface area contributed by atoms with Crippen LogP contribution in [0.3, 0.4) is 0 Å². The van der Waals surface area contributed by atoms with Gasteiger partial charge < -0.3 is 10.1 Å². The molecule has 0 aromatic heterocycles. The van der Waals surface area contributed by atoms with Gasteiger partial charge in [0.2, 0.25) is 0 Å². The van der Waals surface area contributed by atoms with Crippen molar-refractivity contribution in [2.24, 2.45) is 5.10 Å². The Hall–Kier alpha value is -4.26. The smallest absolute Gasteiger partial charge is 0.343 e. The fourth-order valence-electron chi connectivity index (χ4n) is 2.64. The quantitative estimate of drug-likeness (QED) is 0.219. The molecule has 156 valence electrons. The van der Waals surface area contributed by atoms with E-state index in [0.29, 0.717) is 22.6 Å². The van der Waals surface area contributed by atoms with Crippen LogP contribution in [-0.4, -0.2) is 24.0 Å². The fraction of sp³-hybridized carbons (Fsp3) is 0.0833. The van der Waals surface area contributed by atoms with Gasteiger partial charge in [0.05, 0.1) is 11.8 Å². The molecule has 7 heteroatoms. The predicted octanol–water partition coefficient (Wildman–Crippen LogP) is 3.61. The van der Waals surface area contributed by atoms with Crippen LogP contribution in [0.2, 0.25) is 0 Å². The summed E-state index contributed by atoms with van der Waals surface area (Å²) in [6.07, 6.45) is 1.35. The minimum atomic E-state index is -0.904. The molecule has 7 nitrogen and oxygen atoms in total. The molecule has 3 aromatic carbocycles. The molecule has 0 bridgehead atoms. The summed E-state index contributed by atoms with van der Waals surface area (Å²) in [6.45, 7) is 3.81. The number of anilines is 1. The van der Waals surface area contributed by atoms with Gasteiger partial charge in [0.15, 0.2) is 0 Å². The first-order chi connectivity index (χ1) is 14.9. The molecule has 0 aliphatic carbocycles. The van der Waals surface area contributed by atoms with Gasteiger partial charge in [-0.1, -0.05) is 47.5 Å². The summed E-state index contributed by atoms with van der Waals surface area (Å²) >= 11 is 0. The molecule has 31 heavy (non-hydrogen) atoms. The average molecular weight is 415 g/mol. The number of hydrogen-bond acceptors (Lipinski definition) is 5. The van der Waals surface area contributed by atoms with Gasteiger partial charge in [-0.15, -0.1) is 0 Å². The zero-order valence-corrected chi connectivity index (χ0v) is 17.1. The third-order valence-corrected chi connectivity index (χ3v) is 4.22. The maximum atomic E-state index is 12.3. The van der Waals surface area contributed by atoms with Gasteiger partial charge in [0, 0.05) is 5.69 Å². The second-order valence-electron chi connectivity index (χ2n) is 6.85. The highest BCUT2D eigenvalue weighted by Crippen LogP contribution is 2.15. The maximum absolute atomic E-state index is 12.3. The number of hydrazone groups is 1. The van der Waals surface area contributed by atoms with Crippen molar-refractivity contribution in [1.82, 2.24) is 5.43 Å². The Kier molecular flexibility index (Phi) is 6.90. The summed E-state index contributed by atoms with van der Waals surface area (Å²) < 4.78 is 5.38. The van der Waals surface area contributed by atoms with Gasteiger partial charge in [0.1, 0.15) is 5.75 Å². The van der Waals surface area contributed by atoms with Crippen LogP contribution in [0.5, 0.6) is 5.75 Å². The van der Waals surface area contributed by atoms with Crippen molar-refractivity contribution in [3.63, 3.8) is 0 Å². The van der Waals surface area contributed by atoms with Crippen molar-refractivity contribution < 1.29 is 19.1 Å². The number of amides is 2. The summed E-state index contributed by atoms with van der Waals surface area (Å²) in [5.74, 6) is -1.88. The lowest BCUT2D eigenvalue weighted by Gasteiger charge is -2.06. The van der Waals surface area contributed by atoms with Gasteiger partial charge in [-0.25, -0.2) is 10.2 Å². The second kappa shape index (κ2) is 9.98. The molecule has 0 aliphatic rings. The summed E-state index contributed by atoms with van der Waals surface area (Å²) in [7, 11) is 0. The average Bonchev–Trinajstić information content (AvgIpc) is 2.75. The molecule has 0 atom stereocenters. The minimum Gasteiger partial charge on any atom is -0.423 e. The van der Waals surface area contributed by atoms with E-state index in [9.17, 15) is 14.4 Å². The lowest BCUT2D eigenvalue weighted by Crippen LogP contribution is -2.32. The molecule has 0 unspecified atom stereocenters. The third-order valence-electron chi connectivity index (χ3n) is 4.22. The van der Waals surface area contributed by atoms with Gasteiger partial charge in [0.25, 0.3) is 0 Å². The van der Waals surface area contributed by atoms with Crippen molar-refractivity contribution in [1.29, 1.82) is 0 Å². The first kappa shape index (κ1) is 21.4. The highest BCUT2D eigenvalue weighted by atomic mass is 16.5. The highest BCUT2D eigenvalue weighted by molar-refractivity contribution is 6.39. The maximum Gasteiger partial charge on any atom is 0.343 e. The Morgan fingerprint density at radius 2 is 1.58 bits per heavy atom. The number of aryl methyl sites for hydroxylation is 2. The van der Waals surface area contributed by atoms with Gasteiger partial charge in [-0.3, -0.25) is 9.59 Å². The summed E-state index contributed by atoms with van der Waals surface area (Å²) in [6, 6.07) is 20.8. The van der Waals surface area contributed by atoms with Crippen molar-refractivity contribution >= 4 is 29.7 Å². The van der Waals surface area contributed by atoms with Crippen LogP contribution in [0.4, 0.5) is 5.69 Å². The number of benzene rings is 3. The molecule has 0 fully saturated rings. The predicted molar refractivity (Wildman–Crippen MR) is 118 cm³/mol. The van der Waals surface area contributed by atoms with E-state index in [1.165, 1.54) is 6.21 Å². The molecule has 0 heterocycles. The molecule has 2 amide bonds. The van der Waals surface area contributed by atoms with Crippen LogP contribution in [-0.2, 0) is 9.59 Å². The largest absolute Gasteiger partial charge is 0.423 e. The van der Waals surface area contributed by atoms with Crippen LogP contribution in [0.1, 0.15) is 27.0 Å². The second-order valence-corrected chi connectivity index (χ2v) is 6.85. The SMILES string of the molecule is Cc1ccc(NC(=O)C(=O)N/N=C/c2cccc(OC(=O)c3cccc(C)c3)c2)cc1. The van der Waals surface area contributed by atoms with E-state index < -0.39 is 17.8 Å². The number of rotatable bonds is 5. The van der Waals surface area contributed by atoms with E-state index in [-0.39, 0.29) is 0 Å². The van der Waals surface area contributed by atoms with E-state index in [1.807, 2.05) is 32.0 Å². The number of hydrogen-bond donors (Lipinski definition) is 2. The first-order valence-electron chi connectivity index (χ1n) is 9.51. The van der Waals surface area contributed by atoms with Gasteiger partial charge in [-0.2, -0.15) is 5.10 Å². The summed E-state index contributed by atoms with van der Waals surface area (Å²) in [5.41, 5.74) is 5.70. The summed E-state index contributed by atoms with van der Waals surface area (Å²) in [5, 5.41) is 6.27. The first-order valence-corrected chi connectivity index (χ1v) is 9.51. The van der Waals surface area contributed by atoms with Crippen molar-refractivity contribution in [3.8, 4) is 5.75 Å². The van der Waals surface area contributed by atoms with E-state index in [1.54, 1.807) is 54.6 Å². The van der Waals surface area contributed by atoms with E-state index in [0.717, 1.165) is 11.1 Å².